The highest BCUT2D eigenvalue weighted by Gasteiger charge is 2.50. The van der Waals surface area contributed by atoms with E-state index in [1.54, 1.807) is 24.3 Å². The van der Waals surface area contributed by atoms with Gasteiger partial charge in [-0.25, -0.2) is 14.3 Å². The quantitative estimate of drug-likeness (QED) is 0.816. The second-order valence-electron chi connectivity index (χ2n) is 6.39. The van der Waals surface area contributed by atoms with Gasteiger partial charge < -0.3 is 5.32 Å². The maximum Gasteiger partial charge on any atom is 0.325 e. The molecule has 2 heterocycles. The summed E-state index contributed by atoms with van der Waals surface area (Å²) in [5, 5.41) is 12.4. The molecule has 1 aliphatic heterocycles. The lowest BCUT2D eigenvalue weighted by molar-refractivity contribution is -0.122. The molecule has 0 radical (unpaired) electrons. The Morgan fingerprint density at radius 3 is 2.31 bits per heavy atom. The molecule has 9 heteroatoms. The van der Waals surface area contributed by atoms with Crippen LogP contribution in [0.5, 0.6) is 0 Å². The van der Waals surface area contributed by atoms with Gasteiger partial charge in [0, 0.05) is 5.69 Å². The summed E-state index contributed by atoms with van der Waals surface area (Å²) in [4.78, 5) is 38.4. The Labute approximate surface area is 148 Å². The molecule has 1 aromatic carbocycles. The monoisotopic (exact) mass is 355 g/mol. The Morgan fingerprint density at radius 1 is 1.00 bits per heavy atom. The summed E-state index contributed by atoms with van der Waals surface area (Å²) in [5.41, 5.74) is 0.586. The van der Waals surface area contributed by atoms with Gasteiger partial charge in [0.2, 0.25) is 23.5 Å². The number of fused-ring (bicyclic) bond motifs is 1. The number of hydrogen-bond acceptors (Lipinski definition) is 6. The molecule has 1 aromatic heterocycles. The number of nitrogens with one attached hydrogen (secondary N) is 2. The van der Waals surface area contributed by atoms with Crippen LogP contribution in [0.3, 0.4) is 0 Å². The van der Waals surface area contributed by atoms with Crippen molar-refractivity contribution in [3.8, 4) is 0 Å². The number of carbonyl (C=O) groups excluding carboxylic acids is 3. The van der Waals surface area contributed by atoms with Gasteiger partial charge in [0.1, 0.15) is 0 Å². The first-order valence-corrected chi connectivity index (χ1v) is 8.48. The van der Waals surface area contributed by atoms with Gasteiger partial charge in [-0.05, 0) is 35.3 Å². The smallest absolute Gasteiger partial charge is 0.308 e. The molecule has 26 heavy (non-hydrogen) atoms. The van der Waals surface area contributed by atoms with Crippen molar-refractivity contribution in [1.29, 1.82) is 0 Å². The summed E-state index contributed by atoms with van der Waals surface area (Å²) in [7, 11) is 0. The molecule has 2 aliphatic rings. The number of imide groups is 1. The highest BCUT2D eigenvalue weighted by atomic mass is 16.6. The van der Waals surface area contributed by atoms with Crippen LogP contribution in [0.4, 0.5) is 22.1 Å². The lowest BCUT2D eigenvalue weighted by Gasteiger charge is -2.19. The molecular weight excluding hydrogens is 338 g/mol. The molecule has 1 aliphatic carbocycles. The summed E-state index contributed by atoms with van der Waals surface area (Å²) in [6, 6.07) is 8.25. The van der Waals surface area contributed by atoms with E-state index in [0.29, 0.717) is 18.5 Å². The van der Waals surface area contributed by atoms with Crippen molar-refractivity contribution in [3.05, 3.63) is 30.3 Å². The van der Waals surface area contributed by atoms with Gasteiger partial charge in [0.15, 0.2) is 0 Å². The van der Waals surface area contributed by atoms with Crippen LogP contribution >= 0.6 is 0 Å². The van der Waals surface area contributed by atoms with E-state index < -0.39 is 6.03 Å². The summed E-state index contributed by atoms with van der Waals surface area (Å²) in [6.45, 7) is 0. The van der Waals surface area contributed by atoms with Crippen molar-refractivity contribution >= 4 is 35.2 Å². The van der Waals surface area contributed by atoms with Crippen LogP contribution in [-0.2, 0) is 9.59 Å². The standard InChI is InChI=1S/C17H17N5O4/c23-15-11-8-4-5-9-12(11)16(24)22(15)14-13(20-26-21-14)19-17(25)18-10-6-2-1-3-7-10/h1-3,6-7,11-12H,4-5,8-9H2,(H2,18,19,20,25)/t11-,12+. The van der Waals surface area contributed by atoms with Crippen molar-refractivity contribution in [2.45, 2.75) is 25.7 Å². The SMILES string of the molecule is O=C(Nc1ccccc1)Nc1nonc1N1C(=O)[C@H]2CCCC[C@H]2C1=O. The average molecular weight is 355 g/mol. The lowest BCUT2D eigenvalue weighted by atomic mass is 9.81. The first-order valence-electron chi connectivity index (χ1n) is 8.48. The zero-order valence-electron chi connectivity index (χ0n) is 13.8. The van der Waals surface area contributed by atoms with E-state index in [2.05, 4.69) is 25.6 Å². The highest BCUT2D eigenvalue weighted by Crippen LogP contribution is 2.40. The molecule has 0 bridgehead atoms. The van der Waals surface area contributed by atoms with Gasteiger partial charge in [0.05, 0.1) is 11.8 Å². The van der Waals surface area contributed by atoms with Gasteiger partial charge in [-0.2, -0.15) is 0 Å². The molecule has 1 saturated heterocycles. The van der Waals surface area contributed by atoms with Gasteiger partial charge >= 0.3 is 6.03 Å². The Bertz CT molecular complexity index is 826. The number of urea groups is 1. The molecule has 2 aromatic rings. The maximum atomic E-state index is 12.6. The van der Waals surface area contributed by atoms with Gasteiger partial charge in [-0.1, -0.05) is 31.0 Å². The Balaban J connectivity index is 1.52. The fourth-order valence-electron chi connectivity index (χ4n) is 3.57. The molecule has 0 spiro atoms. The van der Waals surface area contributed by atoms with E-state index in [1.807, 2.05) is 6.07 Å². The van der Waals surface area contributed by atoms with Crippen molar-refractivity contribution in [1.82, 2.24) is 10.3 Å². The number of rotatable bonds is 3. The Morgan fingerprint density at radius 2 is 1.65 bits per heavy atom. The molecule has 1 saturated carbocycles. The van der Waals surface area contributed by atoms with Gasteiger partial charge in [0.25, 0.3) is 0 Å². The zero-order chi connectivity index (χ0) is 18.1. The number of nitrogens with zero attached hydrogens (tertiary/aromatic N) is 3. The third-order valence-corrected chi connectivity index (χ3v) is 4.79. The molecule has 4 rings (SSSR count). The van der Waals surface area contributed by atoms with Crippen LogP contribution in [0.25, 0.3) is 0 Å². The lowest BCUT2D eigenvalue weighted by Crippen LogP contribution is -2.32. The van der Waals surface area contributed by atoms with E-state index in [9.17, 15) is 14.4 Å². The predicted octanol–water partition coefficient (Wildman–Crippen LogP) is 2.39. The van der Waals surface area contributed by atoms with E-state index in [0.717, 1.165) is 17.7 Å². The predicted molar refractivity (Wildman–Crippen MR) is 91.3 cm³/mol. The number of benzene rings is 1. The number of anilines is 3. The zero-order valence-corrected chi connectivity index (χ0v) is 13.8. The van der Waals surface area contributed by atoms with Crippen LogP contribution < -0.4 is 15.5 Å². The van der Waals surface area contributed by atoms with Crippen LogP contribution in [-0.4, -0.2) is 28.2 Å². The average Bonchev–Trinajstić information content (AvgIpc) is 3.19. The second-order valence-corrected chi connectivity index (χ2v) is 6.39. The van der Waals surface area contributed by atoms with E-state index in [1.165, 1.54) is 0 Å². The Hall–Kier alpha value is -3.23. The van der Waals surface area contributed by atoms with Crippen LogP contribution in [0.15, 0.2) is 35.0 Å². The molecule has 2 atom stereocenters. The summed E-state index contributed by atoms with van der Waals surface area (Å²) < 4.78 is 4.67. The first kappa shape index (κ1) is 16.2. The minimum atomic E-state index is -0.579. The number of hydrogen-bond donors (Lipinski definition) is 2. The minimum absolute atomic E-state index is 0.0706. The summed E-state index contributed by atoms with van der Waals surface area (Å²) >= 11 is 0. The number of amides is 4. The Kier molecular flexibility index (Phi) is 4.11. The van der Waals surface area contributed by atoms with Crippen molar-refractivity contribution in [3.63, 3.8) is 0 Å². The molecule has 9 nitrogen and oxygen atoms in total. The van der Waals surface area contributed by atoms with Crippen molar-refractivity contribution in [2.24, 2.45) is 11.8 Å². The highest BCUT2D eigenvalue weighted by molar-refractivity contribution is 6.23. The van der Waals surface area contributed by atoms with Crippen LogP contribution in [0.1, 0.15) is 25.7 Å². The first-order chi connectivity index (χ1) is 12.6. The second kappa shape index (κ2) is 6.58. The minimum Gasteiger partial charge on any atom is -0.308 e. The normalized spacial score (nSPS) is 22.2. The van der Waals surface area contributed by atoms with Crippen molar-refractivity contribution < 1.29 is 19.0 Å². The molecule has 4 amide bonds. The molecular formula is C17H17N5O4. The molecule has 0 unspecified atom stereocenters. The topological polar surface area (TPSA) is 117 Å². The van der Waals surface area contributed by atoms with Gasteiger partial charge in [-0.15, -0.1) is 0 Å². The molecule has 134 valence electrons. The summed E-state index contributed by atoms with van der Waals surface area (Å²) in [6.07, 6.45) is 3.23. The van der Waals surface area contributed by atoms with Gasteiger partial charge in [-0.3, -0.25) is 14.9 Å². The number of carbonyl (C=O) groups is 3. The molecule has 2 fully saturated rings. The maximum absolute atomic E-state index is 12.6. The van der Waals surface area contributed by atoms with Crippen LogP contribution in [0, 0.1) is 11.8 Å². The van der Waals surface area contributed by atoms with Crippen molar-refractivity contribution in [2.75, 3.05) is 15.5 Å². The number of para-hydroxylation sites is 1. The van der Waals surface area contributed by atoms with Crippen LogP contribution in [0.2, 0.25) is 0 Å². The van der Waals surface area contributed by atoms with E-state index in [-0.39, 0.29) is 35.3 Å². The summed E-state index contributed by atoms with van der Waals surface area (Å²) in [5.74, 6) is -1.39. The molecule has 2 N–H and O–H groups in total. The fraction of sp³-hybridized carbons (Fsp3) is 0.353. The third-order valence-electron chi connectivity index (χ3n) is 4.79. The van der Waals surface area contributed by atoms with E-state index >= 15 is 0 Å². The fourth-order valence-corrected chi connectivity index (χ4v) is 3.57. The largest absolute Gasteiger partial charge is 0.325 e. The number of aromatic nitrogens is 2. The van der Waals surface area contributed by atoms with E-state index in [4.69, 9.17) is 0 Å². The third kappa shape index (κ3) is 2.81.